The van der Waals surface area contributed by atoms with Crippen molar-refractivity contribution in [1.82, 2.24) is 24.2 Å². The van der Waals surface area contributed by atoms with E-state index in [0.717, 1.165) is 30.6 Å². The van der Waals surface area contributed by atoms with E-state index in [1.807, 2.05) is 59.1 Å². The molecular weight excluding hydrogens is 438 g/mol. The van der Waals surface area contributed by atoms with Gasteiger partial charge in [0.1, 0.15) is 5.52 Å². The van der Waals surface area contributed by atoms with Gasteiger partial charge in [-0.25, -0.2) is 4.98 Å². The number of nitrogens with one attached hydrogen (secondary N) is 1. The second kappa shape index (κ2) is 10.4. The molecule has 1 amide bonds. The molecule has 3 aromatic heterocycles. The topological polar surface area (TPSA) is 71.6 Å². The highest BCUT2D eigenvalue weighted by molar-refractivity contribution is 5.94. The Morgan fingerprint density at radius 3 is 2.66 bits per heavy atom. The molecule has 7 nitrogen and oxygen atoms in total. The summed E-state index contributed by atoms with van der Waals surface area (Å²) in [6.07, 6.45) is 9.72. The number of nitrogens with zero attached hydrogens (tertiary/aromatic N) is 4. The van der Waals surface area contributed by atoms with E-state index in [9.17, 15) is 9.59 Å². The Morgan fingerprint density at radius 2 is 1.83 bits per heavy atom. The number of benzene rings is 1. The van der Waals surface area contributed by atoms with Crippen LogP contribution in [0.15, 0.2) is 65.7 Å². The number of rotatable bonds is 7. The first-order chi connectivity index (χ1) is 17.1. The van der Waals surface area contributed by atoms with Crippen molar-refractivity contribution in [2.45, 2.75) is 51.6 Å². The Balaban J connectivity index is 1.29. The number of hydrogen-bond acceptors (Lipinski definition) is 4. The van der Waals surface area contributed by atoms with Crippen LogP contribution in [0.1, 0.15) is 54.9 Å². The van der Waals surface area contributed by atoms with Crippen LogP contribution in [-0.4, -0.2) is 50.4 Å². The average molecular weight is 472 g/mol. The van der Waals surface area contributed by atoms with Crippen LogP contribution in [0.2, 0.25) is 0 Å². The first kappa shape index (κ1) is 23.3. The molecule has 1 aliphatic rings. The largest absolute Gasteiger partial charge is 0.352 e. The third-order valence-corrected chi connectivity index (χ3v) is 7.14. The van der Waals surface area contributed by atoms with E-state index in [1.165, 1.54) is 25.7 Å². The third kappa shape index (κ3) is 5.00. The molecule has 1 aliphatic heterocycles. The molecule has 1 aromatic carbocycles. The highest BCUT2D eigenvalue weighted by atomic mass is 16.1. The van der Waals surface area contributed by atoms with E-state index < -0.39 is 0 Å². The molecule has 1 N–H and O–H groups in total. The number of amides is 1. The molecule has 5 rings (SSSR count). The van der Waals surface area contributed by atoms with Gasteiger partial charge in [-0.2, -0.15) is 0 Å². The van der Waals surface area contributed by atoms with Crippen LogP contribution in [0.5, 0.6) is 0 Å². The Bertz CT molecular complexity index is 1380. The van der Waals surface area contributed by atoms with Gasteiger partial charge in [0.25, 0.3) is 11.5 Å². The SMILES string of the molecule is C[C@H](CCNC(=O)c1cccc(Cn2c(=O)c3cccn3c3cccnc32)c1)N1CCCCCC1. The van der Waals surface area contributed by atoms with Crippen LogP contribution in [0, 0.1) is 0 Å². The molecule has 1 fully saturated rings. The summed E-state index contributed by atoms with van der Waals surface area (Å²) < 4.78 is 3.56. The van der Waals surface area contributed by atoms with Gasteiger partial charge < -0.3 is 14.6 Å². The predicted molar refractivity (Wildman–Crippen MR) is 139 cm³/mol. The quantitative estimate of drug-likeness (QED) is 0.441. The van der Waals surface area contributed by atoms with Crippen LogP contribution in [0.25, 0.3) is 16.7 Å². The Kier molecular flexibility index (Phi) is 6.95. The zero-order valence-electron chi connectivity index (χ0n) is 20.3. The van der Waals surface area contributed by atoms with Crippen LogP contribution >= 0.6 is 0 Å². The van der Waals surface area contributed by atoms with E-state index >= 15 is 0 Å². The number of pyridine rings is 1. The zero-order valence-corrected chi connectivity index (χ0v) is 20.3. The molecule has 182 valence electrons. The summed E-state index contributed by atoms with van der Waals surface area (Å²) in [5.74, 6) is -0.0766. The van der Waals surface area contributed by atoms with Crippen LogP contribution in [0.3, 0.4) is 0 Å². The molecule has 1 saturated heterocycles. The molecule has 35 heavy (non-hydrogen) atoms. The van der Waals surface area contributed by atoms with Crippen molar-refractivity contribution in [3.8, 4) is 0 Å². The maximum absolute atomic E-state index is 13.2. The van der Waals surface area contributed by atoms with Gasteiger partial charge in [-0.15, -0.1) is 0 Å². The molecule has 0 radical (unpaired) electrons. The zero-order chi connectivity index (χ0) is 24.2. The van der Waals surface area contributed by atoms with Crippen molar-refractivity contribution in [3.05, 3.63) is 82.4 Å². The lowest BCUT2D eigenvalue weighted by Gasteiger charge is -2.27. The van der Waals surface area contributed by atoms with Gasteiger partial charge in [0.2, 0.25) is 0 Å². The summed E-state index contributed by atoms with van der Waals surface area (Å²) in [4.78, 5) is 33.1. The second-order valence-electron chi connectivity index (χ2n) is 9.55. The van der Waals surface area contributed by atoms with Crippen molar-refractivity contribution < 1.29 is 4.79 Å². The minimum absolute atomic E-state index is 0.0766. The molecule has 0 aliphatic carbocycles. The molecule has 0 spiro atoms. The van der Waals surface area contributed by atoms with E-state index in [0.29, 0.717) is 35.9 Å². The number of carbonyl (C=O) groups is 1. The maximum Gasteiger partial charge on any atom is 0.276 e. The number of hydrogen-bond donors (Lipinski definition) is 1. The lowest BCUT2D eigenvalue weighted by atomic mass is 10.1. The summed E-state index contributed by atoms with van der Waals surface area (Å²) in [5.41, 5.74) is 3.51. The Labute approximate surface area is 205 Å². The molecule has 1 atom stereocenters. The van der Waals surface area contributed by atoms with E-state index in [-0.39, 0.29) is 11.5 Å². The third-order valence-electron chi connectivity index (χ3n) is 7.14. The minimum Gasteiger partial charge on any atom is -0.352 e. The molecule has 0 bridgehead atoms. The standard InChI is InChI=1S/C28H33N5O2/c1-21(31-16-4-2-3-5-17-31)13-15-30-27(34)23-10-6-9-22(19-23)20-33-26-24(11-7-14-29-26)32-18-8-12-25(32)28(33)35/h6-12,14,18-19,21H,2-5,13,15-17,20H2,1H3,(H,30,34)/t21-/m1/s1. The summed E-state index contributed by atoms with van der Waals surface area (Å²) in [6, 6.07) is 15.5. The molecule has 0 unspecified atom stereocenters. The molecule has 4 aromatic rings. The molecular formula is C28H33N5O2. The van der Waals surface area contributed by atoms with Gasteiger partial charge in [0.05, 0.1) is 12.1 Å². The average Bonchev–Trinajstić information content (AvgIpc) is 3.22. The number of likely N-dealkylation sites (tertiary alicyclic amines) is 1. The lowest BCUT2D eigenvalue weighted by molar-refractivity contribution is 0.0948. The minimum atomic E-state index is -0.0986. The van der Waals surface area contributed by atoms with Gasteiger partial charge >= 0.3 is 0 Å². The highest BCUT2D eigenvalue weighted by Gasteiger charge is 2.16. The van der Waals surface area contributed by atoms with Crippen LogP contribution in [-0.2, 0) is 6.54 Å². The van der Waals surface area contributed by atoms with Crippen molar-refractivity contribution in [2.24, 2.45) is 0 Å². The first-order valence-electron chi connectivity index (χ1n) is 12.7. The summed E-state index contributed by atoms with van der Waals surface area (Å²) in [7, 11) is 0. The van der Waals surface area contributed by atoms with Crippen LogP contribution < -0.4 is 10.9 Å². The first-order valence-corrected chi connectivity index (χ1v) is 12.7. The fourth-order valence-corrected chi connectivity index (χ4v) is 5.14. The number of carbonyl (C=O) groups excluding carboxylic acids is 1. The van der Waals surface area contributed by atoms with Gasteiger partial charge in [-0.1, -0.05) is 25.0 Å². The van der Waals surface area contributed by atoms with Crippen molar-refractivity contribution >= 4 is 22.6 Å². The van der Waals surface area contributed by atoms with Gasteiger partial charge in [0.15, 0.2) is 5.65 Å². The van der Waals surface area contributed by atoms with E-state index in [1.54, 1.807) is 10.8 Å². The van der Waals surface area contributed by atoms with Crippen molar-refractivity contribution in [1.29, 1.82) is 0 Å². The second-order valence-corrected chi connectivity index (χ2v) is 9.55. The van der Waals surface area contributed by atoms with Gasteiger partial charge in [0, 0.05) is 30.5 Å². The highest BCUT2D eigenvalue weighted by Crippen LogP contribution is 2.16. The Hall–Kier alpha value is -3.45. The molecule has 4 heterocycles. The van der Waals surface area contributed by atoms with E-state index in [2.05, 4.69) is 22.1 Å². The number of aromatic nitrogens is 3. The Morgan fingerprint density at radius 1 is 1.03 bits per heavy atom. The smallest absolute Gasteiger partial charge is 0.276 e. The van der Waals surface area contributed by atoms with Crippen molar-refractivity contribution in [3.63, 3.8) is 0 Å². The van der Waals surface area contributed by atoms with Gasteiger partial charge in [-0.05, 0) is 81.2 Å². The van der Waals surface area contributed by atoms with E-state index in [4.69, 9.17) is 0 Å². The fourth-order valence-electron chi connectivity index (χ4n) is 5.14. The van der Waals surface area contributed by atoms with Crippen LogP contribution in [0.4, 0.5) is 0 Å². The summed E-state index contributed by atoms with van der Waals surface area (Å²) >= 11 is 0. The molecule has 0 saturated carbocycles. The fraction of sp³-hybridized carbons (Fsp3) is 0.393. The summed E-state index contributed by atoms with van der Waals surface area (Å²) in [6.45, 7) is 5.58. The lowest BCUT2D eigenvalue weighted by Crippen LogP contribution is -2.37. The van der Waals surface area contributed by atoms with Crippen molar-refractivity contribution in [2.75, 3.05) is 19.6 Å². The maximum atomic E-state index is 13.2. The summed E-state index contributed by atoms with van der Waals surface area (Å²) in [5, 5.41) is 3.09. The van der Waals surface area contributed by atoms with Gasteiger partial charge in [-0.3, -0.25) is 14.2 Å². The monoisotopic (exact) mass is 471 g/mol. The number of fused-ring (bicyclic) bond motifs is 3. The molecule has 7 heteroatoms. The predicted octanol–water partition coefficient (Wildman–Crippen LogP) is 4.08. The normalized spacial score (nSPS) is 15.8.